The summed E-state index contributed by atoms with van der Waals surface area (Å²) < 4.78 is 0. The summed E-state index contributed by atoms with van der Waals surface area (Å²) in [6.07, 6.45) is 7.33. The van der Waals surface area contributed by atoms with Gasteiger partial charge in [0, 0.05) is 6.04 Å². The second-order valence-corrected chi connectivity index (χ2v) is 4.98. The van der Waals surface area contributed by atoms with Crippen LogP contribution in [-0.4, -0.2) is 24.0 Å². The van der Waals surface area contributed by atoms with Gasteiger partial charge in [0.2, 0.25) is 0 Å². The largest absolute Gasteiger partial charge is 0.301 e. The average Bonchev–Trinajstić information content (AvgIpc) is 2.19. The molecule has 0 atom stereocenters. The third kappa shape index (κ3) is 2.60. The zero-order valence-electron chi connectivity index (χ0n) is 10.1. The molecule has 1 fully saturated rings. The highest BCUT2D eigenvalue weighted by Gasteiger charge is 2.32. The van der Waals surface area contributed by atoms with Gasteiger partial charge in [-0.1, -0.05) is 19.4 Å². The fourth-order valence-corrected chi connectivity index (χ4v) is 2.52. The summed E-state index contributed by atoms with van der Waals surface area (Å²) in [6, 6.07) is 0.716. The van der Waals surface area contributed by atoms with Crippen molar-refractivity contribution in [2.24, 2.45) is 5.41 Å². The predicted octanol–water partition coefficient (Wildman–Crippen LogP) is 3.46. The molecule has 1 heterocycles. The van der Waals surface area contributed by atoms with E-state index in [0.29, 0.717) is 11.5 Å². The van der Waals surface area contributed by atoms with E-state index >= 15 is 0 Å². The van der Waals surface area contributed by atoms with E-state index in [4.69, 9.17) is 0 Å². The Labute approximate surface area is 89.2 Å². The molecule has 1 rings (SSSR count). The van der Waals surface area contributed by atoms with E-state index in [1.165, 1.54) is 38.8 Å². The number of hydrogen-bond acceptors (Lipinski definition) is 1. The van der Waals surface area contributed by atoms with Gasteiger partial charge in [-0.2, -0.15) is 0 Å². The highest BCUT2D eigenvalue weighted by Crippen LogP contribution is 2.38. The molecule has 0 spiro atoms. The molecule has 1 aliphatic heterocycles. The Morgan fingerprint density at radius 2 is 1.93 bits per heavy atom. The maximum Gasteiger partial charge on any atom is 0.00385 e. The molecule has 0 aromatic carbocycles. The normalized spacial score (nSPS) is 22.6. The summed E-state index contributed by atoms with van der Waals surface area (Å²) in [4.78, 5) is 2.59. The molecule has 0 aromatic rings. The van der Waals surface area contributed by atoms with Crippen molar-refractivity contribution in [2.45, 2.75) is 52.5 Å². The number of hydrogen-bond donors (Lipinski definition) is 0. The summed E-state index contributed by atoms with van der Waals surface area (Å²) in [7, 11) is 0. The van der Waals surface area contributed by atoms with Gasteiger partial charge in [0.05, 0.1) is 0 Å². The van der Waals surface area contributed by atoms with Crippen molar-refractivity contribution in [3.8, 4) is 0 Å². The zero-order chi connectivity index (χ0) is 10.6. The zero-order valence-corrected chi connectivity index (χ0v) is 10.1. The van der Waals surface area contributed by atoms with Gasteiger partial charge >= 0.3 is 0 Å². The van der Waals surface area contributed by atoms with Gasteiger partial charge < -0.3 is 4.90 Å². The fraction of sp³-hybridized carbons (Fsp3) is 0.846. The molecular formula is C13H25N. The van der Waals surface area contributed by atoms with Crippen LogP contribution in [0, 0.1) is 5.41 Å². The van der Waals surface area contributed by atoms with Crippen molar-refractivity contribution in [1.29, 1.82) is 0 Å². The van der Waals surface area contributed by atoms with Crippen LogP contribution < -0.4 is 0 Å². The average molecular weight is 195 g/mol. The minimum Gasteiger partial charge on any atom is -0.301 e. The molecule has 0 aromatic heterocycles. The Bertz CT molecular complexity index is 176. The summed E-state index contributed by atoms with van der Waals surface area (Å²) in [6.45, 7) is 13.4. The van der Waals surface area contributed by atoms with E-state index in [9.17, 15) is 0 Å². The predicted molar refractivity (Wildman–Crippen MR) is 63.5 cm³/mol. The van der Waals surface area contributed by atoms with E-state index in [-0.39, 0.29) is 0 Å². The Morgan fingerprint density at radius 1 is 1.36 bits per heavy atom. The van der Waals surface area contributed by atoms with Crippen molar-refractivity contribution in [3.05, 3.63) is 12.7 Å². The molecule has 0 bridgehead atoms. The standard InChI is InChI=1S/C13H25N/c1-5-7-13(6-2)8-10-14(11-9-13)12(3)4/h5,12H,1,6-11H2,2-4H3. The lowest BCUT2D eigenvalue weighted by Gasteiger charge is -2.42. The monoisotopic (exact) mass is 195 g/mol. The van der Waals surface area contributed by atoms with Crippen LogP contribution in [0.3, 0.4) is 0 Å². The van der Waals surface area contributed by atoms with E-state index in [1.54, 1.807) is 0 Å². The van der Waals surface area contributed by atoms with Crippen LogP contribution in [0.1, 0.15) is 46.5 Å². The highest BCUT2D eigenvalue weighted by molar-refractivity contribution is 4.90. The van der Waals surface area contributed by atoms with Gasteiger partial charge in [0.1, 0.15) is 0 Å². The first-order valence-electron chi connectivity index (χ1n) is 5.98. The number of nitrogens with zero attached hydrogens (tertiary/aromatic N) is 1. The van der Waals surface area contributed by atoms with Crippen molar-refractivity contribution >= 4 is 0 Å². The molecule has 0 amide bonds. The van der Waals surface area contributed by atoms with Gasteiger partial charge in [-0.05, 0) is 51.6 Å². The third-order valence-corrected chi connectivity index (χ3v) is 3.92. The second kappa shape index (κ2) is 4.97. The number of allylic oxidation sites excluding steroid dienone is 1. The lowest BCUT2D eigenvalue weighted by Crippen LogP contribution is -2.42. The molecule has 1 nitrogen and oxygen atoms in total. The Hall–Kier alpha value is -0.300. The summed E-state index contributed by atoms with van der Waals surface area (Å²) >= 11 is 0. The Balaban J connectivity index is 2.50. The van der Waals surface area contributed by atoms with Crippen LogP contribution >= 0.6 is 0 Å². The fourth-order valence-electron chi connectivity index (χ4n) is 2.52. The molecule has 1 aliphatic rings. The highest BCUT2D eigenvalue weighted by atomic mass is 15.2. The van der Waals surface area contributed by atoms with Gasteiger partial charge in [-0.3, -0.25) is 0 Å². The van der Waals surface area contributed by atoms with Gasteiger partial charge in [-0.15, -0.1) is 6.58 Å². The van der Waals surface area contributed by atoms with E-state index in [2.05, 4.69) is 38.3 Å². The summed E-state index contributed by atoms with van der Waals surface area (Å²) in [5.74, 6) is 0. The van der Waals surface area contributed by atoms with Crippen LogP contribution in [0.4, 0.5) is 0 Å². The van der Waals surface area contributed by atoms with Crippen LogP contribution in [0.25, 0.3) is 0 Å². The van der Waals surface area contributed by atoms with E-state index in [0.717, 1.165) is 0 Å². The quantitative estimate of drug-likeness (QED) is 0.621. The maximum atomic E-state index is 3.89. The molecular weight excluding hydrogens is 170 g/mol. The molecule has 0 aliphatic carbocycles. The smallest absolute Gasteiger partial charge is 0.00385 e. The third-order valence-electron chi connectivity index (χ3n) is 3.92. The molecule has 0 saturated carbocycles. The van der Waals surface area contributed by atoms with E-state index in [1.807, 2.05) is 0 Å². The Morgan fingerprint density at radius 3 is 2.29 bits per heavy atom. The maximum absolute atomic E-state index is 3.89. The van der Waals surface area contributed by atoms with Gasteiger partial charge in [0.25, 0.3) is 0 Å². The van der Waals surface area contributed by atoms with Crippen molar-refractivity contribution in [3.63, 3.8) is 0 Å². The van der Waals surface area contributed by atoms with Crippen molar-refractivity contribution in [2.75, 3.05) is 13.1 Å². The van der Waals surface area contributed by atoms with Crippen molar-refractivity contribution < 1.29 is 0 Å². The van der Waals surface area contributed by atoms with Gasteiger partial charge in [0.15, 0.2) is 0 Å². The first-order chi connectivity index (χ1) is 6.63. The molecule has 1 saturated heterocycles. The molecule has 14 heavy (non-hydrogen) atoms. The summed E-state index contributed by atoms with van der Waals surface area (Å²) in [5.41, 5.74) is 0.577. The first kappa shape index (κ1) is 11.8. The van der Waals surface area contributed by atoms with Gasteiger partial charge in [-0.25, -0.2) is 0 Å². The first-order valence-corrected chi connectivity index (χ1v) is 5.98. The molecule has 0 unspecified atom stereocenters. The van der Waals surface area contributed by atoms with Crippen molar-refractivity contribution in [1.82, 2.24) is 4.90 Å². The number of likely N-dealkylation sites (tertiary alicyclic amines) is 1. The lowest BCUT2D eigenvalue weighted by atomic mass is 9.73. The molecule has 1 heteroatoms. The van der Waals surface area contributed by atoms with Crippen LogP contribution in [0.5, 0.6) is 0 Å². The minimum atomic E-state index is 0.577. The molecule has 0 radical (unpaired) electrons. The lowest BCUT2D eigenvalue weighted by molar-refractivity contribution is 0.0812. The molecule has 0 N–H and O–H groups in total. The minimum absolute atomic E-state index is 0.577. The van der Waals surface area contributed by atoms with Crippen LogP contribution in [0.15, 0.2) is 12.7 Å². The topological polar surface area (TPSA) is 3.24 Å². The Kier molecular flexibility index (Phi) is 4.18. The van der Waals surface area contributed by atoms with Crippen LogP contribution in [0.2, 0.25) is 0 Å². The van der Waals surface area contributed by atoms with E-state index < -0.39 is 0 Å². The SMILES string of the molecule is C=CCC1(CC)CCN(C(C)C)CC1. The number of rotatable bonds is 4. The number of piperidine rings is 1. The summed E-state index contributed by atoms with van der Waals surface area (Å²) in [5, 5.41) is 0. The van der Waals surface area contributed by atoms with Crippen LogP contribution in [-0.2, 0) is 0 Å². The molecule has 82 valence electrons. The second-order valence-electron chi connectivity index (χ2n) is 4.98.